The van der Waals surface area contributed by atoms with Crippen LogP contribution in [0, 0.1) is 17.7 Å². The largest absolute Gasteiger partial charge is 0.481 e. The van der Waals surface area contributed by atoms with Crippen LogP contribution in [0.2, 0.25) is 0 Å². The maximum absolute atomic E-state index is 12.7. The molecular formula is C13H14FNO3. The van der Waals surface area contributed by atoms with Crippen molar-refractivity contribution in [1.29, 1.82) is 0 Å². The highest BCUT2D eigenvalue weighted by atomic mass is 19.1. The topological polar surface area (TPSA) is 66.4 Å². The van der Waals surface area contributed by atoms with E-state index in [1.807, 2.05) is 0 Å². The number of hydrogen-bond donors (Lipinski definition) is 2. The zero-order valence-corrected chi connectivity index (χ0v) is 9.73. The van der Waals surface area contributed by atoms with Crippen LogP contribution in [0.4, 0.5) is 10.1 Å². The Labute approximate surface area is 104 Å². The third kappa shape index (κ3) is 2.85. The van der Waals surface area contributed by atoms with Gasteiger partial charge in [-0.3, -0.25) is 9.59 Å². The van der Waals surface area contributed by atoms with Gasteiger partial charge < -0.3 is 10.4 Å². The molecule has 0 bridgehead atoms. The molecule has 0 spiro atoms. The molecule has 1 aromatic carbocycles. The molecular weight excluding hydrogens is 237 g/mol. The second-order valence-electron chi connectivity index (χ2n) is 4.54. The van der Waals surface area contributed by atoms with Gasteiger partial charge in [0.1, 0.15) is 5.82 Å². The summed E-state index contributed by atoms with van der Waals surface area (Å²) in [5.74, 6) is -2.08. The third-order valence-corrected chi connectivity index (χ3v) is 3.26. The summed E-state index contributed by atoms with van der Waals surface area (Å²) < 4.78 is 12.7. The summed E-state index contributed by atoms with van der Waals surface area (Å²) in [7, 11) is 0. The molecule has 2 atom stereocenters. The molecule has 1 aromatic rings. The van der Waals surface area contributed by atoms with Gasteiger partial charge in [-0.1, -0.05) is 0 Å². The number of carbonyl (C=O) groups excluding carboxylic acids is 1. The molecule has 5 heteroatoms. The van der Waals surface area contributed by atoms with Gasteiger partial charge in [-0.05, 0) is 43.5 Å². The SMILES string of the molecule is O=C(O)[C@@H]1CC[C@H](C(=O)Nc2ccc(F)cc2)C1. The van der Waals surface area contributed by atoms with E-state index < -0.39 is 11.9 Å². The molecule has 2 rings (SSSR count). The number of rotatable bonds is 3. The standard InChI is InChI=1S/C13H14FNO3/c14-10-3-5-11(6-4-10)15-12(16)8-1-2-9(7-8)13(17)18/h3-6,8-9H,1-2,7H2,(H,15,16)(H,17,18)/t8-,9+/m0/s1. The molecule has 0 saturated heterocycles. The van der Waals surface area contributed by atoms with Crippen LogP contribution in [-0.4, -0.2) is 17.0 Å². The molecule has 4 nitrogen and oxygen atoms in total. The van der Waals surface area contributed by atoms with Gasteiger partial charge in [0.25, 0.3) is 0 Å². The van der Waals surface area contributed by atoms with E-state index in [2.05, 4.69) is 5.32 Å². The van der Waals surface area contributed by atoms with Gasteiger partial charge in [0, 0.05) is 11.6 Å². The Morgan fingerprint density at radius 2 is 1.78 bits per heavy atom. The van der Waals surface area contributed by atoms with Crippen LogP contribution in [0.1, 0.15) is 19.3 Å². The molecule has 2 N–H and O–H groups in total. The fourth-order valence-electron chi connectivity index (χ4n) is 2.22. The van der Waals surface area contributed by atoms with E-state index in [1.54, 1.807) is 0 Å². The van der Waals surface area contributed by atoms with E-state index in [4.69, 9.17) is 5.11 Å². The summed E-state index contributed by atoms with van der Waals surface area (Å²) in [6.45, 7) is 0. The van der Waals surface area contributed by atoms with Gasteiger partial charge in [-0.15, -0.1) is 0 Å². The lowest BCUT2D eigenvalue weighted by atomic mass is 10.0. The summed E-state index contributed by atoms with van der Waals surface area (Å²) >= 11 is 0. The predicted octanol–water partition coefficient (Wildman–Crippen LogP) is 2.27. The van der Waals surface area contributed by atoms with Crippen molar-refractivity contribution in [1.82, 2.24) is 0 Å². The van der Waals surface area contributed by atoms with E-state index in [-0.39, 0.29) is 17.6 Å². The molecule has 96 valence electrons. The Bertz CT molecular complexity index is 458. The minimum absolute atomic E-state index is 0.189. The first-order valence-electron chi connectivity index (χ1n) is 5.85. The van der Waals surface area contributed by atoms with E-state index >= 15 is 0 Å². The van der Waals surface area contributed by atoms with Crippen molar-refractivity contribution >= 4 is 17.6 Å². The van der Waals surface area contributed by atoms with Crippen LogP contribution in [0.3, 0.4) is 0 Å². The Morgan fingerprint density at radius 3 is 2.33 bits per heavy atom. The van der Waals surface area contributed by atoms with E-state index in [9.17, 15) is 14.0 Å². The molecule has 1 aliphatic carbocycles. The fraction of sp³-hybridized carbons (Fsp3) is 0.385. The lowest BCUT2D eigenvalue weighted by molar-refractivity contribution is -0.141. The summed E-state index contributed by atoms with van der Waals surface area (Å²) in [5, 5.41) is 11.5. The fourth-order valence-corrected chi connectivity index (χ4v) is 2.22. The van der Waals surface area contributed by atoms with Crippen molar-refractivity contribution in [3.05, 3.63) is 30.1 Å². The molecule has 0 heterocycles. The van der Waals surface area contributed by atoms with E-state index in [1.165, 1.54) is 24.3 Å². The Hall–Kier alpha value is -1.91. The van der Waals surface area contributed by atoms with Gasteiger partial charge in [0.2, 0.25) is 5.91 Å². The molecule has 1 aliphatic rings. The van der Waals surface area contributed by atoms with Crippen LogP contribution >= 0.6 is 0 Å². The second-order valence-corrected chi connectivity index (χ2v) is 4.54. The Morgan fingerprint density at radius 1 is 1.17 bits per heavy atom. The third-order valence-electron chi connectivity index (χ3n) is 3.26. The number of hydrogen-bond acceptors (Lipinski definition) is 2. The molecule has 0 unspecified atom stereocenters. The van der Waals surface area contributed by atoms with Crippen molar-refractivity contribution in [2.45, 2.75) is 19.3 Å². The first kappa shape index (κ1) is 12.5. The van der Waals surface area contributed by atoms with Crippen LogP contribution in [-0.2, 0) is 9.59 Å². The van der Waals surface area contributed by atoms with Gasteiger partial charge >= 0.3 is 5.97 Å². The summed E-state index contributed by atoms with van der Waals surface area (Å²) in [6.07, 6.45) is 1.50. The van der Waals surface area contributed by atoms with Crippen molar-refractivity contribution in [3.63, 3.8) is 0 Å². The number of amides is 1. The van der Waals surface area contributed by atoms with Crippen molar-refractivity contribution in [2.24, 2.45) is 11.8 Å². The summed E-state index contributed by atoms with van der Waals surface area (Å²) in [6, 6.07) is 5.50. The number of benzene rings is 1. The highest BCUT2D eigenvalue weighted by Gasteiger charge is 2.33. The van der Waals surface area contributed by atoms with Gasteiger partial charge in [0.05, 0.1) is 5.92 Å². The first-order valence-corrected chi connectivity index (χ1v) is 5.85. The number of carboxylic acid groups (broad SMARTS) is 1. The molecule has 1 amide bonds. The first-order chi connectivity index (χ1) is 8.56. The molecule has 0 aliphatic heterocycles. The second kappa shape index (κ2) is 5.16. The summed E-state index contributed by atoms with van der Waals surface area (Å²) in [5.41, 5.74) is 0.528. The monoisotopic (exact) mass is 251 g/mol. The van der Waals surface area contributed by atoms with E-state index in [0.29, 0.717) is 24.9 Å². The van der Waals surface area contributed by atoms with Crippen LogP contribution < -0.4 is 5.32 Å². The zero-order valence-electron chi connectivity index (χ0n) is 9.73. The van der Waals surface area contributed by atoms with E-state index in [0.717, 1.165) is 0 Å². The average molecular weight is 251 g/mol. The smallest absolute Gasteiger partial charge is 0.306 e. The Kier molecular flexibility index (Phi) is 3.60. The van der Waals surface area contributed by atoms with Gasteiger partial charge in [0.15, 0.2) is 0 Å². The maximum atomic E-state index is 12.7. The zero-order chi connectivity index (χ0) is 13.1. The normalized spacial score (nSPS) is 22.7. The minimum Gasteiger partial charge on any atom is -0.481 e. The highest BCUT2D eigenvalue weighted by Crippen LogP contribution is 2.31. The Balaban J connectivity index is 1.93. The number of carbonyl (C=O) groups is 2. The average Bonchev–Trinajstić information content (AvgIpc) is 2.81. The van der Waals surface area contributed by atoms with Crippen LogP contribution in [0.25, 0.3) is 0 Å². The van der Waals surface area contributed by atoms with Crippen molar-refractivity contribution < 1.29 is 19.1 Å². The van der Waals surface area contributed by atoms with Gasteiger partial charge in [-0.25, -0.2) is 4.39 Å². The lowest BCUT2D eigenvalue weighted by Gasteiger charge is -2.10. The molecule has 0 radical (unpaired) electrons. The molecule has 1 saturated carbocycles. The number of aliphatic carboxylic acids is 1. The van der Waals surface area contributed by atoms with Crippen LogP contribution in [0.5, 0.6) is 0 Å². The molecule has 18 heavy (non-hydrogen) atoms. The highest BCUT2D eigenvalue weighted by molar-refractivity contribution is 5.93. The number of halogens is 1. The van der Waals surface area contributed by atoms with Crippen molar-refractivity contribution in [2.75, 3.05) is 5.32 Å². The van der Waals surface area contributed by atoms with Crippen LogP contribution in [0.15, 0.2) is 24.3 Å². The quantitative estimate of drug-likeness (QED) is 0.866. The van der Waals surface area contributed by atoms with Gasteiger partial charge in [-0.2, -0.15) is 0 Å². The number of anilines is 1. The maximum Gasteiger partial charge on any atom is 0.306 e. The minimum atomic E-state index is -0.841. The van der Waals surface area contributed by atoms with Crippen molar-refractivity contribution in [3.8, 4) is 0 Å². The number of carboxylic acids is 1. The summed E-state index contributed by atoms with van der Waals surface area (Å²) in [4.78, 5) is 22.7. The number of nitrogens with one attached hydrogen (secondary N) is 1. The molecule has 0 aromatic heterocycles. The molecule has 1 fully saturated rings. The predicted molar refractivity (Wildman–Crippen MR) is 63.5 cm³/mol. The lowest BCUT2D eigenvalue weighted by Crippen LogP contribution is -2.21.